The maximum absolute atomic E-state index is 13.4. The van der Waals surface area contributed by atoms with Crippen LogP contribution in [0.25, 0.3) is 0 Å². The first-order valence-corrected chi connectivity index (χ1v) is 21.0. The molecule has 0 spiro atoms. The summed E-state index contributed by atoms with van der Waals surface area (Å²) in [5.74, 6) is -1.88. The van der Waals surface area contributed by atoms with Gasteiger partial charge in [0.2, 0.25) is 0 Å². The Morgan fingerprint density at radius 2 is 0.811 bits per heavy atom. The average Bonchev–Trinajstić information content (AvgIpc) is 2.88. The van der Waals surface area contributed by atoms with Crippen molar-refractivity contribution < 1.29 is 23.6 Å². The van der Waals surface area contributed by atoms with Gasteiger partial charge in [0.25, 0.3) is 0 Å². The normalized spacial score (nSPS) is 15.3. The van der Waals surface area contributed by atoms with E-state index in [1.165, 1.54) is 0 Å². The van der Waals surface area contributed by atoms with Crippen LogP contribution in [0.2, 0.25) is 4.44 Å². The van der Waals surface area contributed by atoms with Gasteiger partial charge in [-0.1, -0.05) is 0 Å². The van der Waals surface area contributed by atoms with Crippen molar-refractivity contribution in [2.45, 2.75) is 156 Å². The summed E-state index contributed by atoms with van der Waals surface area (Å²) >= 11 is -4.93. The van der Waals surface area contributed by atoms with Gasteiger partial charge < -0.3 is 0 Å². The first-order chi connectivity index (χ1) is 17.8. The van der Waals surface area contributed by atoms with Crippen molar-refractivity contribution in [3.63, 3.8) is 0 Å². The van der Waals surface area contributed by atoms with Crippen LogP contribution in [-0.4, -0.2) is 37.5 Å². The summed E-state index contributed by atoms with van der Waals surface area (Å²) in [4.78, 5) is 40.3. The number of hydrogen-bond donors (Lipinski definition) is 0. The summed E-state index contributed by atoms with van der Waals surface area (Å²) in [5.41, 5.74) is 0. The minimum atomic E-state index is -4.93. The molecule has 0 aliphatic carbocycles. The molecular formula is C30H58O6Sn. The zero-order chi connectivity index (χ0) is 28.1. The van der Waals surface area contributed by atoms with Gasteiger partial charge in [0.15, 0.2) is 0 Å². The van der Waals surface area contributed by atoms with E-state index in [-0.39, 0.29) is 35.7 Å². The number of carbonyl (C=O) groups excluding carboxylic acids is 3. The average molecular weight is 633 g/mol. The van der Waals surface area contributed by atoms with E-state index in [0.717, 1.165) is 83.5 Å². The molecule has 0 aromatic rings. The van der Waals surface area contributed by atoms with E-state index in [9.17, 15) is 14.4 Å². The molecule has 0 saturated carbocycles. The predicted octanol–water partition coefficient (Wildman–Crippen LogP) is 8.78. The molecule has 0 rings (SSSR count). The SMILES string of the molecule is CCCCC[CH2][Sn]([O]C(=O)C(CC)CCCC)([O]C(=O)C(CC)CCCC)[O]C(=O)C(CC)CCCC. The van der Waals surface area contributed by atoms with Crippen LogP contribution >= 0.6 is 0 Å². The van der Waals surface area contributed by atoms with Crippen molar-refractivity contribution in [3.8, 4) is 0 Å². The van der Waals surface area contributed by atoms with Gasteiger partial charge in [-0.15, -0.1) is 0 Å². The molecule has 37 heavy (non-hydrogen) atoms. The van der Waals surface area contributed by atoms with Crippen molar-refractivity contribution in [1.29, 1.82) is 0 Å². The van der Waals surface area contributed by atoms with Gasteiger partial charge in [-0.2, -0.15) is 0 Å². The monoisotopic (exact) mass is 634 g/mol. The minimum absolute atomic E-state index is 0.270. The third-order valence-corrected chi connectivity index (χ3v) is 14.4. The quantitative estimate of drug-likeness (QED) is 0.0827. The summed E-state index contributed by atoms with van der Waals surface area (Å²) in [5, 5.41) is 0. The van der Waals surface area contributed by atoms with E-state index in [0.29, 0.717) is 23.7 Å². The Morgan fingerprint density at radius 1 is 0.486 bits per heavy atom. The first kappa shape index (κ1) is 36.2. The van der Waals surface area contributed by atoms with Crippen LogP contribution in [0.15, 0.2) is 0 Å². The Bertz CT molecular complexity index is 549. The summed E-state index contributed by atoms with van der Waals surface area (Å²) in [6, 6.07) is 0. The van der Waals surface area contributed by atoms with Crippen LogP contribution in [-0.2, 0) is 23.6 Å². The zero-order valence-electron chi connectivity index (χ0n) is 25.2. The Hall–Kier alpha value is -0.791. The molecule has 0 aliphatic heterocycles. The Labute approximate surface area is 233 Å². The van der Waals surface area contributed by atoms with Crippen molar-refractivity contribution in [3.05, 3.63) is 0 Å². The van der Waals surface area contributed by atoms with E-state index < -0.39 is 19.6 Å². The van der Waals surface area contributed by atoms with Gasteiger partial charge in [0, 0.05) is 0 Å². The van der Waals surface area contributed by atoms with Crippen LogP contribution in [0.1, 0.15) is 151 Å². The summed E-state index contributed by atoms with van der Waals surface area (Å²) in [7, 11) is 0. The van der Waals surface area contributed by atoms with Gasteiger partial charge in [-0.25, -0.2) is 0 Å². The Morgan fingerprint density at radius 3 is 1.08 bits per heavy atom. The molecule has 0 N–H and O–H groups in total. The van der Waals surface area contributed by atoms with Crippen LogP contribution in [0.5, 0.6) is 0 Å². The number of hydrogen-bond acceptors (Lipinski definition) is 6. The van der Waals surface area contributed by atoms with Crippen LogP contribution in [0.4, 0.5) is 0 Å². The number of unbranched alkanes of at least 4 members (excludes halogenated alkanes) is 6. The second-order valence-electron chi connectivity index (χ2n) is 10.5. The zero-order valence-corrected chi connectivity index (χ0v) is 28.1. The van der Waals surface area contributed by atoms with Gasteiger partial charge in [-0.3, -0.25) is 0 Å². The third kappa shape index (κ3) is 14.8. The molecule has 0 amide bonds. The summed E-state index contributed by atoms with van der Waals surface area (Å²) < 4.78 is 19.0. The Kier molecular flexibility index (Phi) is 21.6. The van der Waals surface area contributed by atoms with Crippen molar-refractivity contribution in [1.82, 2.24) is 0 Å². The standard InChI is InChI=1S/3C8H16O2.C6H13.Sn/c3*1-3-5-6-7(4-2)8(9)10;1-3-5-6-4-2;/h3*7H,3-6H2,1-2H3,(H,9,10);1,3-6H2,2H3;/q;;;;+3/p-3. The molecule has 0 bridgehead atoms. The number of rotatable bonds is 23. The molecule has 3 unspecified atom stereocenters. The van der Waals surface area contributed by atoms with E-state index >= 15 is 0 Å². The molecule has 7 heteroatoms. The van der Waals surface area contributed by atoms with E-state index in [4.69, 9.17) is 9.22 Å². The van der Waals surface area contributed by atoms with Crippen LogP contribution < -0.4 is 0 Å². The summed E-state index contributed by atoms with van der Waals surface area (Å²) in [6.07, 6.45) is 13.6. The van der Waals surface area contributed by atoms with E-state index in [2.05, 4.69) is 27.7 Å². The molecule has 3 atom stereocenters. The predicted molar refractivity (Wildman–Crippen MR) is 153 cm³/mol. The van der Waals surface area contributed by atoms with Crippen molar-refractivity contribution >= 4 is 37.5 Å². The third-order valence-electron chi connectivity index (χ3n) is 7.30. The van der Waals surface area contributed by atoms with Crippen LogP contribution in [0.3, 0.4) is 0 Å². The second-order valence-corrected chi connectivity index (χ2v) is 17.6. The Balaban J connectivity index is 6.21. The van der Waals surface area contributed by atoms with Gasteiger partial charge in [0.1, 0.15) is 0 Å². The fraction of sp³-hybridized carbons (Fsp3) is 0.900. The molecule has 0 heterocycles. The van der Waals surface area contributed by atoms with Crippen molar-refractivity contribution in [2.75, 3.05) is 0 Å². The van der Waals surface area contributed by atoms with Gasteiger partial charge >= 0.3 is 235 Å². The molecular weight excluding hydrogens is 575 g/mol. The molecule has 6 nitrogen and oxygen atoms in total. The molecule has 0 aromatic carbocycles. The molecule has 0 radical (unpaired) electrons. The molecule has 0 aliphatic rings. The second kappa shape index (κ2) is 22.1. The maximum atomic E-state index is 13.4. The van der Waals surface area contributed by atoms with Crippen molar-refractivity contribution in [2.24, 2.45) is 17.8 Å². The summed E-state index contributed by atoms with van der Waals surface area (Å²) in [6.45, 7) is 14.4. The van der Waals surface area contributed by atoms with E-state index in [1.807, 2.05) is 20.8 Å². The van der Waals surface area contributed by atoms with Crippen LogP contribution in [0, 0.1) is 17.8 Å². The van der Waals surface area contributed by atoms with Gasteiger partial charge in [0.05, 0.1) is 0 Å². The first-order valence-electron chi connectivity index (χ1n) is 15.5. The number of carbonyl (C=O) groups is 3. The van der Waals surface area contributed by atoms with E-state index in [1.54, 1.807) is 0 Å². The molecule has 0 saturated heterocycles. The van der Waals surface area contributed by atoms with Gasteiger partial charge in [-0.05, 0) is 0 Å². The molecule has 0 fully saturated rings. The topological polar surface area (TPSA) is 78.9 Å². The molecule has 218 valence electrons. The molecule has 0 aromatic heterocycles. The fourth-order valence-electron chi connectivity index (χ4n) is 4.51. The fourth-order valence-corrected chi connectivity index (χ4v) is 11.7.